The van der Waals surface area contributed by atoms with E-state index in [4.69, 9.17) is 14.9 Å². The van der Waals surface area contributed by atoms with Crippen LogP contribution in [0.15, 0.2) is 33.5 Å². The van der Waals surface area contributed by atoms with Gasteiger partial charge in [0, 0.05) is 47.5 Å². The average Bonchev–Trinajstić information content (AvgIpc) is 2.62. The van der Waals surface area contributed by atoms with E-state index in [0.717, 1.165) is 36.9 Å². The van der Waals surface area contributed by atoms with Crippen molar-refractivity contribution >= 4 is 28.7 Å². The van der Waals surface area contributed by atoms with Crippen LogP contribution in [0.2, 0.25) is 0 Å². The van der Waals surface area contributed by atoms with Crippen molar-refractivity contribution in [3.05, 3.63) is 40.2 Å². The lowest BCUT2D eigenvalue weighted by atomic mass is 9.96. The molecule has 144 valence electrons. The number of primary amides is 1. The summed E-state index contributed by atoms with van der Waals surface area (Å²) in [6.07, 6.45) is 0.965. The first kappa shape index (κ1) is 18.9. The molecule has 1 saturated heterocycles. The summed E-state index contributed by atoms with van der Waals surface area (Å²) in [4.78, 5) is 36.1. The highest BCUT2D eigenvalue weighted by molar-refractivity contribution is 5.89. The number of ether oxygens (including phenoxy) is 1. The Labute approximate surface area is 156 Å². The van der Waals surface area contributed by atoms with E-state index >= 15 is 0 Å². The van der Waals surface area contributed by atoms with Gasteiger partial charge in [0.05, 0.1) is 19.7 Å². The van der Waals surface area contributed by atoms with Crippen LogP contribution < -0.4 is 21.6 Å². The molecule has 3 rings (SSSR count). The lowest BCUT2D eigenvalue weighted by molar-refractivity contribution is -0.919. The second-order valence-electron chi connectivity index (χ2n) is 6.75. The van der Waals surface area contributed by atoms with Gasteiger partial charge in [-0.25, -0.2) is 9.59 Å². The van der Waals surface area contributed by atoms with Gasteiger partial charge in [-0.1, -0.05) is 0 Å². The zero-order valence-electron chi connectivity index (χ0n) is 15.2. The van der Waals surface area contributed by atoms with E-state index in [0.29, 0.717) is 17.8 Å². The third-order valence-electron chi connectivity index (χ3n) is 4.89. The first-order valence-electron chi connectivity index (χ1n) is 9.09. The third kappa shape index (κ3) is 4.65. The predicted molar refractivity (Wildman–Crippen MR) is 99.4 cm³/mol. The molecule has 8 heteroatoms. The molecule has 1 aromatic heterocycles. The van der Waals surface area contributed by atoms with Gasteiger partial charge in [0.25, 0.3) is 0 Å². The number of fused-ring (bicyclic) bond motifs is 1. The smallest absolute Gasteiger partial charge is 0.411 e. The molecular weight excluding hydrogens is 350 g/mol. The molecule has 0 bridgehead atoms. The Morgan fingerprint density at radius 2 is 2.04 bits per heavy atom. The second kappa shape index (κ2) is 8.22. The van der Waals surface area contributed by atoms with Crippen molar-refractivity contribution < 1.29 is 23.6 Å². The number of hydrogen-bond acceptors (Lipinski definition) is 5. The maximum Gasteiger partial charge on any atom is 0.411 e. The Kier molecular flexibility index (Phi) is 5.75. The van der Waals surface area contributed by atoms with Gasteiger partial charge >= 0.3 is 11.7 Å². The van der Waals surface area contributed by atoms with Gasteiger partial charge in [0.2, 0.25) is 5.91 Å². The lowest BCUT2D eigenvalue weighted by Crippen LogP contribution is -3.11. The molecule has 2 aromatic rings. The zero-order valence-corrected chi connectivity index (χ0v) is 15.2. The Hall–Kier alpha value is -2.87. The fraction of sp³-hybridized carbons (Fsp3) is 0.421. The molecule has 1 fully saturated rings. The van der Waals surface area contributed by atoms with Crippen LogP contribution in [0.25, 0.3) is 11.0 Å². The first-order valence-corrected chi connectivity index (χ1v) is 9.09. The van der Waals surface area contributed by atoms with Crippen LogP contribution in [-0.2, 0) is 16.1 Å². The van der Waals surface area contributed by atoms with E-state index in [1.807, 2.05) is 6.07 Å². The van der Waals surface area contributed by atoms with Crippen molar-refractivity contribution in [2.75, 3.05) is 25.0 Å². The van der Waals surface area contributed by atoms with Gasteiger partial charge in [-0.3, -0.25) is 10.1 Å². The van der Waals surface area contributed by atoms with E-state index in [1.54, 1.807) is 19.1 Å². The highest BCUT2D eigenvalue weighted by Crippen LogP contribution is 2.21. The summed E-state index contributed by atoms with van der Waals surface area (Å²) in [5.41, 5.74) is 6.75. The Bertz CT molecular complexity index is 900. The lowest BCUT2D eigenvalue weighted by Gasteiger charge is -2.27. The monoisotopic (exact) mass is 374 g/mol. The number of hydrogen-bond donors (Lipinski definition) is 3. The summed E-state index contributed by atoms with van der Waals surface area (Å²) >= 11 is 0. The van der Waals surface area contributed by atoms with Crippen molar-refractivity contribution in [1.29, 1.82) is 0 Å². The summed E-state index contributed by atoms with van der Waals surface area (Å²) in [7, 11) is 0. The molecule has 0 saturated carbocycles. The van der Waals surface area contributed by atoms with Crippen LogP contribution in [0.5, 0.6) is 0 Å². The SMILES string of the molecule is CCOC(=O)Nc1ccc2c(C[NH+]3CCC(C(N)=O)CC3)cc(=O)oc2c1. The van der Waals surface area contributed by atoms with Crippen molar-refractivity contribution in [2.45, 2.75) is 26.3 Å². The van der Waals surface area contributed by atoms with Crippen molar-refractivity contribution in [3.63, 3.8) is 0 Å². The van der Waals surface area contributed by atoms with Crippen LogP contribution >= 0.6 is 0 Å². The number of benzene rings is 1. The highest BCUT2D eigenvalue weighted by atomic mass is 16.5. The number of carbonyl (C=O) groups is 2. The van der Waals surface area contributed by atoms with E-state index in [1.165, 1.54) is 11.0 Å². The van der Waals surface area contributed by atoms with Crippen LogP contribution in [0.3, 0.4) is 0 Å². The van der Waals surface area contributed by atoms with E-state index in [-0.39, 0.29) is 18.4 Å². The normalized spacial score (nSPS) is 19.6. The molecule has 0 atom stereocenters. The molecule has 0 unspecified atom stereocenters. The summed E-state index contributed by atoms with van der Waals surface area (Å²) in [6, 6.07) is 6.70. The molecule has 8 nitrogen and oxygen atoms in total. The molecule has 2 amide bonds. The van der Waals surface area contributed by atoms with Gasteiger partial charge < -0.3 is 19.8 Å². The summed E-state index contributed by atoms with van der Waals surface area (Å²) in [6.45, 7) is 4.32. The van der Waals surface area contributed by atoms with Crippen LogP contribution in [-0.4, -0.2) is 31.7 Å². The number of piperidine rings is 1. The minimum absolute atomic E-state index is 0.0529. The predicted octanol–water partition coefficient (Wildman–Crippen LogP) is 0.642. The molecule has 4 N–H and O–H groups in total. The maximum absolute atomic E-state index is 12.0. The molecule has 1 aliphatic rings. The molecule has 2 heterocycles. The quantitative estimate of drug-likeness (QED) is 0.664. The number of nitrogens with two attached hydrogens (primary N) is 1. The Morgan fingerprint density at radius 1 is 1.30 bits per heavy atom. The highest BCUT2D eigenvalue weighted by Gasteiger charge is 2.26. The standard InChI is InChI=1S/C19H23N3O5/c1-2-26-19(25)21-14-3-4-15-13(9-17(23)27-16(15)10-14)11-22-7-5-12(6-8-22)18(20)24/h3-4,9-10,12H,2,5-8,11H2,1H3,(H2,20,24)(H,21,25)/p+1. The molecule has 0 radical (unpaired) electrons. The van der Waals surface area contributed by atoms with Crippen LogP contribution in [0, 0.1) is 5.92 Å². The van der Waals surface area contributed by atoms with Crippen LogP contribution in [0.4, 0.5) is 10.5 Å². The summed E-state index contributed by atoms with van der Waals surface area (Å²) < 4.78 is 10.2. The zero-order chi connectivity index (χ0) is 19.4. The molecule has 0 spiro atoms. The van der Waals surface area contributed by atoms with Gasteiger partial charge in [-0.15, -0.1) is 0 Å². The minimum Gasteiger partial charge on any atom is -0.450 e. The van der Waals surface area contributed by atoms with Crippen LogP contribution in [0.1, 0.15) is 25.3 Å². The molecular formula is C19H24N3O5+. The number of rotatable bonds is 5. The summed E-state index contributed by atoms with van der Waals surface area (Å²) in [5.74, 6) is -0.288. The van der Waals surface area contributed by atoms with E-state index in [9.17, 15) is 14.4 Å². The number of carbonyl (C=O) groups excluding carboxylic acids is 2. The number of nitrogens with one attached hydrogen (secondary N) is 2. The number of quaternary nitrogens is 1. The number of anilines is 1. The Morgan fingerprint density at radius 3 is 2.70 bits per heavy atom. The van der Waals surface area contributed by atoms with Gasteiger partial charge in [-0.2, -0.15) is 0 Å². The Balaban J connectivity index is 1.79. The first-order chi connectivity index (χ1) is 13.0. The van der Waals surface area contributed by atoms with Crippen molar-refractivity contribution in [1.82, 2.24) is 0 Å². The minimum atomic E-state index is -0.558. The topological polar surface area (TPSA) is 116 Å². The van der Waals surface area contributed by atoms with Gasteiger partial charge in [0.1, 0.15) is 12.1 Å². The summed E-state index contributed by atoms with van der Waals surface area (Å²) in [5, 5.41) is 3.43. The van der Waals surface area contributed by atoms with Crippen molar-refractivity contribution in [3.8, 4) is 0 Å². The fourth-order valence-corrected chi connectivity index (χ4v) is 3.50. The average molecular weight is 374 g/mol. The van der Waals surface area contributed by atoms with E-state index in [2.05, 4.69) is 5.32 Å². The molecule has 1 aromatic carbocycles. The van der Waals surface area contributed by atoms with E-state index < -0.39 is 11.7 Å². The molecule has 0 aliphatic carbocycles. The fourth-order valence-electron chi connectivity index (χ4n) is 3.50. The second-order valence-corrected chi connectivity index (χ2v) is 6.75. The van der Waals surface area contributed by atoms with Gasteiger partial charge in [-0.05, 0) is 19.1 Å². The van der Waals surface area contributed by atoms with Gasteiger partial charge in [0.15, 0.2) is 0 Å². The maximum atomic E-state index is 12.0. The largest absolute Gasteiger partial charge is 0.450 e. The number of likely N-dealkylation sites (tertiary alicyclic amines) is 1. The molecule has 27 heavy (non-hydrogen) atoms. The van der Waals surface area contributed by atoms with Crippen molar-refractivity contribution in [2.24, 2.45) is 11.7 Å². The molecule has 1 aliphatic heterocycles. The third-order valence-corrected chi connectivity index (χ3v) is 4.89. The number of amides is 2.